The Morgan fingerprint density at radius 3 is 1.83 bits per heavy atom. The number of hydrogen-bond donors (Lipinski definition) is 1. The lowest BCUT2D eigenvalue weighted by molar-refractivity contribution is 0.102. The predicted octanol–water partition coefficient (Wildman–Crippen LogP) is 4.31. The number of amides is 1. The molecule has 0 aliphatic rings. The Morgan fingerprint density at radius 1 is 0.667 bits per heavy atom. The minimum atomic E-state index is -0.393. The summed E-state index contributed by atoms with van der Waals surface area (Å²) in [6, 6.07) is 20.9. The van der Waals surface area contributed by atoms with Crippen LogP contribution in [0.4, 0.5) is 10.1 Å². The van der Waals surface area contributed by atoms with Crippen molar-refractivity contribution in [3.8, 4) is 0 Å². The van der Waals surface area contributed by atoms with Gasteiger partial charge in [0.2, 0.25) is 0 Å². The van der Waals surface area contributed by atoms with Crippen LogP contribution in [0.3, 0.4) is 0 Å². The SMILES string of the molecule is O=C(Nc1ccc(C(=O)c2ccccc2)cc1)c1ccc(F)cc1. The van der Waals surface area contributed by atoms with E-state index in [9.17, 15) is 14.0 Å². The molecule has 1 amide bonds. The Labute approximate surface area is 138 Å². The average molecular weight is 319 g/mol. The number of ketones is 1. The van der Waals surface area contributed by atoms with Gasteiger partial charge in [0.1, 0.15) is 5.82 Å². The summed E-state index contributed by atoms with van der Waals surface area (Å²) in [7, 11) is 0. The van der Waals surface area contributed by atoms with Gasteiger partial charge in [-0.05, 0) is 48.5 Å². The van der Waals surface area contributed by atoms with Crippen molar-refractivity contribution in [2.24, 2.45) is 0 Å². The molecule has 0 fully saturated rings. The summed E-state index contributed by atoms with van der Waals surface area (Å²) in [6.45, 7) is 0. The maximum Gasteiger partial charge on any atom is 0.255 e. The highest BCUT2D eigenvalue weighted by Crippen LogP contribution is 2.15. The molecule has 0 radical (unpaired) electrons. The third kappa shape index (κ3) is 3.55. The maximum absolute atomic E-state index is 12.9. The Balaban J connectivity index is 1.72. The van der Waals surface area contributed by atoms with Crippen LogP contribution in [0.5, 0.6) is 0 Å². The third-order valence-corrected chi connectivity index (χ3v) is 3.55. The predicted molar refractivity (Wildman–Crippen MR) is 90.7 cm³/mol. The molecule has 0 aliphatic carbocycles. The van der Waals surface area contributed by atoms with Crippen LogP contribution in [0, 0.1) is 5.82 Å². The molecule has 118 valence electrons. The molecular weight excluding hydrogens is 305 g/mol. The van der Waals surface area contributed by atoms with Gasteiger partial charge >= 0.3 is 0 Å². The van der Waals surface area contributed by atoms with Crippen molar-refractivity contribution in [3.05, 3.63) is 101 Å². The Kier molecular flexibility index (Phi) is 4.47. The highest BCUT2D eigenvalue weighted by atomic mass is 19.1. The summed E-state index contributed by atoms with van der Waals surface area (Å²) in [4.78, 5) is 24.4. The number of rotatable bonds is 4. The summed E-state index contributed by atoms with van der Waals surface area (Å²) >= 11 is 0. The van der Waals surface area contributed by atoms with Crippen LogP contribution in [0.25, 0.3) is 0 Å². The van der Waals surface area contributed by atoms with E-state index in [-0.39, 0.29) is 11.7 Å². The van der Waals surface area contributed by atoms with E-state index in [1.807, 2.05) is 18.2 Å². The second kappa shape index (κ2) is 6.87. The zero-order valence-electron chi connectivity index (χ0n) is 12.7. The van der Waals surface area contributed by atoms with Crippen LogP contribution in [-0.4, -0.2) is 11.7 Å². The lowest BCUT2D eigenvalue weighted by atomic mass is 10.0. The second-order valence-corrected chi connectivity index (χ2v) is 5.23. The zero-order valence-corrected chi connectivity index (χ0v) is 12.7. The van der Waals surface area contributed by atoms with Crippen LogP contribution in [0.15, 0.2) is 78.9 Å². The monoisotopic (exact) mass is 319 g/mol. The summed E-state index contributed by atoms with van der Waals surface area (Å²) in [5.74, 6) is -0.806. The number of nitrogens with one attached hydrogen (secondary N) is 1. The lowest BCUT2D eigenvalue weighted by Gasteiger charge is -2.06. The van der Waals surface area contributed by atoms with E-state index in [1.54, 1.807) is 36.4 Å². The Hall–Kier alpha value is -3.27. The van der Waals surface area contributed by atoms with Crippen molar-refractivity contribution in [3.63, 3.8) is 0 Å². The van der Waals surface area contributed by atoms with Gasteiger partial charge in [0.25, 0.3) is 5.91 Å². The van der Waals surface area contributed by atoms with E-state index >= 15 is 0 Å². The molecule has 3 aromatic carbocycles. The molecule has 0 atom stereocenters. The van der Waals surface area contributed by atoms with E-state index in [0.717, 1.165) is 0 Å². The summed E-state index contributed by atoms with van der Waals surface area (Å²) < 4.78 is 12.9. The normalized spacial score (nSPS) is 10.2. The van der Waals surface area contributed by atoms with E-state index < -0.39 is 5.82 Å². The van der Waals surface area contributed by atoms with Gasteiger partial charge < -0.3 is 5.32 Å². The molecule has 0 saturated heterocycles. The Morgan fingerprint density at radius 2 is 1.21 bits per heavy atom. The zero-order chi connectivity index (χ0) is 16.9. The molecule has 24 heavy (non-hydrogen) atoms. The van der Waals surface area contributed by atoms with Gasteiger partial charge in [-0.3, -0.25) is 9.59 Å². The highest BCUT2D eigenvalue weighted by molar-refractivity contribution is 6.09. The fraction of sp³-hybridized carbons (Fsp3) is 0. The first-order valence-electron chi connectivity index (χ1n) is 7.40. The largest absolute Gasteiger partial charge is 0.322 e. The molecule has 4 heteroatoms. The first-order valence-corrected chi connectivity index (χ1v) is 7.40. The van der Waals surface area contributed by atoms with Gasteiger partial charge in [-0.25, -0.2) is 4.39 Å². The standard InChI is InChI=1S/C20H14FNO2/c21-17-10-6-16(7-11-17)20(24)22-18-12-8-15(9-13-18)19(23)14-4-2-1-3-5-14/h1-13H,(H,22,24). The molecule has 3 aromatic rings. The fourth-order valence-electron chi connectivity index (χ4n) is 2.27. The van der Waals surface area contributed by atoms with Crippen LogP contribution in [-0.2, 0) is 0 Å². The molecule has 0 unspecified atom stereocenters. The average Bonchev–Trinajstić information content (AvgIpc) is 2.63. The first-order chi connectivity index (χ1) is 11.6. The van der Waals surface area contributed by atoms with Gasteiger partial charge in [-0.15, -0.1) is 0 Å². The molecule has 0 aromatic heterocycles. The van der Waals surface area contributed by atoms with Crippen molar-refractivity contribution in [2.45, 2.75) is 0 Å². The summed E-state index contributed by atoms with van der Waals surface area (Å²) in [5, 5.41) is 2.71. The lowest BCUT2D eigenvalue weighted by Crippen LogP contribution is -2.12. The molecule has 1 N–H and O–H groups in total. The van der Waals surface area contributed by atoms with Gasteiger partial charge in [-0.1, -0.05) is 30.3 Å². The van der Waals surface area contributed by atoms with Crippen LogP contribution in [0.1, 0.15) is 26.3 Å². The molecule has 0 heterocycles. The maximum atomic E-state index is 12.9. The summed E-state index contributed by atoms with van der Waals surface area (Å²) in [6.07, 6.45) is 0. The summed E-state index contributed by atoms with van der Waals surface area (Å²) in [5.41, 5.74) is 2.08. The molecule has 0 aliphatic heterocycles. The van der Waals surface area contributed by atoms with Crippen LogP contribution < -0.4 is 5.32 Å². The molecule has 0 bridgehead atoms. The third-order valence-electron chi connectivity index (χ3n) is 3.55. The number of halogens is 1. The van der Waals surface area contributed by atoms with Crippen molar-refractivity contribution in [2.75, 3.05) is 5.32 Å². The molecule has 0 saturated carbocycles. The Bertz CT molecular complexity index is 856. The van der Waals surface area contributed by atoms with Gasteiger partial charge in [-0.2, -0.15) is 0 Å². The smallest absolute Gasteiger partial charge is 0.255 e. The van der Waals surface area contributed by atoms with Crippen LogP contribution >= 0.6 is 0 Å². The fourth-order valence-corrected chi connectivity index (χ4v) is 2.27. The molecule has 0 spiro atoms. The van der Waals surface area contributed by atoms with Gasteiger partial charge in [0.05, 0.1) is 0 Å². The number of carbonyl (C=O) groups is 2. The quantitative estimate of drug-likeness (QED) is 0.728. The number of carbonyl (C=O) groups excluding carboxylic acids is 2. The van der Waals surface area contributed by atoms with Gasteiger partial charge in [0.15, 0.2) is 5.78 Å². The van der Waals surface area contributed by atoms with Crippen molar-refractivity contribution in [1.82, 2.24) is 0 Å². The van der Waals surface area contributed by atoms with E-state index in [0.29, 0.717) is 22.4 Å². The molecule has 3 rings (SSSR count). The van der Waals surface area contributed by atoms with Crippen molar-refractivity contribution in [1.29, 1.82) is 0 Å². The second-order valence-electron chi connectivity index (χ2n) is 5.23. The van der Waals surface area contributed by atoms with Crippen molar-refractivity contribution < 1.29 is 14.0 Å². The topological polar surface area (TPSA) is 46.2 Å². The van der Waals surface area contributed by atoms with Crippen molar-refractivity contribution >= 4 is 17.4 Å². The van der Waals surface area contributed by atoms with E-state index in [2.05, 4.69) is 5.32 Å². The van der Waals surface area contributed by atoms with Gasteiger partial charge in [0, 0.05) is 22.4 Å². The number of hydrogen-bond acceptors (Lipinski definition) is 2. The molecular formula is C20H14FNO2. The minimum absolute atomic E-state index is 0.0768. The number of anilines is 1. The number of benzene rings is 3. The van der Waals surface area contributed by atoms with E-state index in [4.69, 9.17) is 0 Å². The molecule has 3 nitrogen and oxygen atoms in total. The highest BCUT2D eigenvalue weighted by Gasteiger charge is 2.10. The van der Waals surface area contributed by atoms with Crippen LogP contribution in [0.2, 0.25) is 0 Å². The van der Waals surface area contributed by atoms with E-state index in [1.165, 1.54) is 24.3 Å². The minimum Gasteiger partial charge on any atom is -0.322 e. The first kappa shape index (κ1) is 15.6.